The van der Waals surface area contributed by atoms with E-state index in [1.807, 2.05) is 0 Å². The number of unbranched alkanes of at least 4 members (excludes halogenated alkanes) is 3. The van der Waals surface area contributed by atoms with E-state index in [4.69, 9.17) is 0 Å². The predicted octanol–water partition coefficient (Wildman–Crippen LogP) is 4.81. The smallest absolute Gasteiger partial charge is 0.0213 e. The molecule has 0 saturated heterocycles. The second-order valence-corrected chi connectivity index (χ2v) is 4.13. The summed E-state index contributed by atoms with van der Waals surface area (Å²) in [7, 11) is 0. The molecule has 0 spiro atoms. The second kappa shape index (κ2) is 8.34. The Hall–Kier alpha value is -0.260. The molecule has 0 aliphatic carbocycles. The van der Waals surface area contributed by atoms with Crippen LogP contribution in [0.1, 0.15) is 59.3 Å². The molecule has 0 aromatic heterocycles. The third-order valence-corrected chi connectivity index (χ3v) is 3.02. The van der Waals surface area contributed by atoms with Crippen molar-refractivity contribution in [1.82, 2.24) is 0 Å². The van der Waals surface area contributed by atoms with E-state index in [-0.39, 0.29) is 0 Å². The molecule has 0 saturated carbocycles. The maximum absolute atomic E-state index is 3.90. The zero-order chi connectivity index (χ0) is 10.1. The normalized spacial score (nSPS) is 15.3. The predicted molar refractivity (Wildman–Crippen MR) is 61.9 cm³/mol. The SMILES string of the molecule is C=CC(CC)C(C)CCCCCC. The number of rotatable bonds is 8. The van der Waals surface area contributed by atoms with Gasteiger partial charge in [0.15, 0.2) is 0 Å². The number of hydrogen-bond acceptors (Lipinski definition) is 0. The van der Waals surface area contributed by atoms with Gasteiger partial charge in [0, 0.05) is 0 Å². The fraction of sp³-hybridized carbons (Fsp3) is 0.846. The van der Waals surface area contributed by atoms with E-state index in [1.54, 1.807) is 0 Å². The molecule has 0 aliphatic rings. The minimum atomic E-state index is 0.738. The minimum Gasteiger partial charge on any atom is -0.103 e. The van der Waals surface area contributed by atoms with Gasteiger partial charge in [0.1, 0.15) is 0 Å². The van der Waals surface area contributed by atoms with Crippen LogP contribution in [0.25, 0.3) is 0 Å². The molecule has 0 heteroatoms. The van der Waals surface area contributed by atoms with E-state index in [0.717, 1.165) is 11.8 Å². The van der Waals surface area contributed by atoms with Gasteiger partial charge in [-0.2, -0.15) is 0 Å². The van der Waals surface area contributed by atoms with Crippen LogP contribution in [-0.4, -0.2) is 0 Å². The monoisotopic (exact) mass is 182 g/mol. The topological polar surface area (TPSA) is 0 Å². The molecule has 0 aromatic carbocycles. The summed E-state index contributed by atoms with van der Waals surface area (Å²) in [6.07, 6.45) is 10.3. The summed E-state index contributed by atoms with van der Waals surface area (Å²) in [5, 5.41) is 0. The van der Waals surface area contributed by atoms with Crippen LogP contribution >= 0.6 is 0 Å². The number of hydrogen-bond donors (Lipinski definition) is 0. The van der Waals surface area contributed by atoms with Crippen molar-refractivity contribution in [3.05, 3.63) is 12.7 Å². The van der Waals surface area contributed by atoms with Crippen molar-refractivity contribution in [2.45, 2.75) is 59.3 Å². The Morgan fingerprint density at radius 3 is 2.31 bits per heavy atom. The van der Waals surface area contributed by atoms with Crippen molar-refractivity contribution in [3.8, 4) is 0 Å². The van der Waals surface area contributed by atoms with Crippen molar-refractivity contribution in [3.63, 3.8) is 0 Å². The summed E-state index contributed by atoms with van der Waals surface area (Å²) in [4.78, 5) is 0. The summed E-state index contributed by atoms with van der Waals surface area (Å²) < 4.78 is 0. The lowest BCUT2D eigenvalue weighted by molar-refractivity contribution is 0.376. The molecule has 2 unspecified atom stereocenters. The molecule has 78 valence electrons. The van der Waals surface area contributed by atoms with Crippen LogP contribution in [0, 0.1) is 11.8 Å². The van der Waals surface area contributed by atoms with E-state index in [0.29, 0.717) is 0 Å². The zero-order valence-electron chi connectivity index (χ0n) is 9.68. The van der Waals surface area contributed by atoms with Crippen LogP contribution in [0.2, 0.25) is 0 Å². The highest BCUT2D eigenvalue weighted by Crippen LogP contribution is 2.22. The molecular formula is C13H26. The lowest BCUT2D eigenvalue weighted by Gasteiger charge is -2.18. The molecule has 0 radical (unpaired) electrons. The fourth-order valence-corrected chi connectivity index (χ4v) is 1.91. The van der Waals surface area contributed by atoms with Gasteiger partial charge in [0.2, 0.25) is 0 Å². The Balaban J connectivity index is 3.47. The first-order valence-electron chi connectivity index (χ1n) is 5.88. The standard InChI is InChI=1S/C13H26/c1-5-8-9-10-11-12(4)13(6-2)7-3/h6,12-13H,2,5,7-11H2,1,3-4H3. The second-order valence-electron chi connectivity index (χ2n) is 4.13. The van der Waals surface area contributed by atoms with Gasteiger partial charge < -0.3 is 0 Å². The quantitative estimate of drug-likeness (QED) is 0.373. The van der Waals surface area contributed by atoms with Gasteiger partial charge in [-0.3, -0.25) is 0 Å². The summed E-state index contributed by atoms with van der Waals surface area (Å²) in [5.41, 5.74) is 0. The third kappa shape index (κ3) is 5.90. The summed E-state index contributed by atoms with van der Waals surface area (Å²) in [6.45, 7) is 10.8. The van der Waals surface area contributed by atoms with E-state index < -0.39 is 0 Å². The van der Waals surface area contributed by atoms with Crippen molar-refractivity contribution in [2.24, 2.45) is 11.8 Å². The lowest BCUT2D eigenvalue weighted by atomic mass is 9.87. The van der Waals surface area contributed by atoms with Crippen molar-refractivity contribution < 1.29 is 0 Å². The first-order valence-corrected chi connectivity index (χ1v) is 5.88. The first-order chi connectivity index (χ1) is 6.26. The molecule has 0 N–H and O–H groups in total. The highest BCUT2D eigenvalue weighted by Gasteiger charge is 2.10. The van der Waals surface area contributed by atoms with Crippen molar-refractivity contribution in [2.75, 3.05) is 0 Å². The van der Waals surface area contributed by atoms with Crippen molar-refractivity contribution >= 4 is 0 Å². The largest absolute Gasteiger partial charge is 0.103 e. The molecule has 0 bridgehead atoms. The van der Waals surface area contributed by atoms with Crippen LogP contribution in [0.15, 0.2) is 12.7 Å². The summed E-state index contributed by atoms with van der Waals surface area (Å²) >= 11 is 0. The van der Waals surface area contributed by atoms with Crippen LogP contribution < -0.4 is 0 Å². The molecule has 0 aromatic rings. The Bertz CT molecular complexity index is 115. The highest BCUT2D eigenvalue weighted by atomic mass is 14.2. The molecular weight excluding hydrogens is 156 g/mol. The lowest BCUT2D eigenvalue weighted by Crippen LogP contribution is -2.07. The zero-order valence-corrected chi connectivity index (χ0v) is 9.68. The molecule has 2 atom stereocenters. The Morgan fingerprint density at radius 1 is 1.15 bits per heavy atom. The van der Waals surface area contributed by atoms with Crippen LogP contribution in [0.3, 0.4) is 0 Å². The first kappa shape index (κ1) is 12.7. The third-order valence-electron chi connectivity index (χ3n) is 3.02. The highest BCUT2D eigenvalue weighted by molar-refractivity contribution is 4.81. The van der Waals surface area contributed by atoms with E-state index in [1.165, 1.54) is 38.5 Å². The molecule has 13 heavy (non-hydrogen) atoms. The summed E-state index contributed by atoms with van der Waals surface area (Å²) in [6, 6.07) is 0. The maximum Gasteiger partial charge on any atom is -0.0213 e. The molecule has 0 aliphatic heterocycles. The average molecular weight is 182 g/mol. The number of allylic oxidation sites excluding steroid dienone is 1. The van der Waals surface area contributed by atoms with Crippen molar-refractivity contribution in [1.29, 1.82) is 0 Å². The van der Waals surface area contributed by atoms with Gasteiger partial charge in [-0.05, 0) is 18.3 Å². The van der Waals surface area contributed by atoms with E-state index >= 15 is 0 Å². The average Bonchev–Trinajstić information content (AvgIpc) is 2.14. The fourth-order valence-electron chi connectivity index (χ4n) is 1.91. The van der Waals surface area contributed by atoms with Gasteiger partial charge in [-0.15, -0.1) is 6.58 Å². The van der Waals surface area contributed by atoms with E-state index in [9.17, 15) is 0 Å². The van der Waals surface area contributed by atoms with Crippen LogP contribution in [0.5, 0.6) is 0 Å². The molecule has 0 rings (SSSR count). The van der Waals surface area contributed by atoms with Gasteiger partial charge in [-0.1, -0.05) is 59.0 Å². The molecule has 0 fully saturated rings. The Morgan fingerprint density at radius 2 is 1.85 bits per heavy atom. The Labute approximate surface area is 84.4 Å². The van der Waals surface area contributed by atoms with Crippen LogP contribution in [0.4, 0.5) is 0 Å². The minimum absolute atomic E-state index is 0.738. The van der Waals surface area contributed by atoms with Crippen LogP contribution in [-0.2, 0) is 0 Å². The van der Waals surface area contributed by atoms with Gasteiger partial charge in [-0.25, -0.2) is 0 Å². The molecule has 0 nitrogen and oxygen atoms in total. The molecule has 0 heterocycles. The van der Waals surface area contributed by atoms with Gasteiger partial charge >= 0.3 is 0 Å². The Kier molecular flexibility index (Phi) is 8.18. The van der Waals surface area contributed by atoms with Gasteiger partial charge in [0.25, 0.3) is 0 Å². The maximum atomic E-state index is 3.90. The van der Waals surface area contributed by atoms with Gasteiger partial charge in [0.05, 0.1) is 0 Å². The molecule has 0 amide bonds. The van der Waals surface area contributed by atoms with E-state index in [2.05, 4.69) is 33.4 Å². The summed E-state index contributed by atoms with van der Waals surface area (Å²) in [5.74, 6) is 1.57.